The molecule has 116 valence electrons. The van der Waals surface area contributed by atoms with Crippen molar-refractivity contribution in [1.29, 1.82) is 0 Å². The van der Waals surface area contributed by atoms with Gasteiger partial charge in [0.2, 0.25) is 0 Å². The van der Waals surface area contributed by atoms with Crippen molar-refractivity contribution >= 4 is 21.9 Å². The molecule has 2 rings (SSSR count). The number of ether oxygens (including phenoxy) is 1. The van der Waals surface area contributed by atoms with Crippen LogP contribution in [0.15, 0.2) is 59.1 Å². The summed E-state index contributed by atoms with van der Waals surface area (Å²) in [6.45, 7) is 2.07. The maximum atomic E-state index is 11.5. The zero-order valence-corrected chi connectivity index (χ0v) is 14.0. The Balaban J connectivity index is 2.10. The summed E-state index contributed by atoms with van der Waals surface area (Å²) in [6.07, 6.45) is 0.468. The highest BCUT2D eigenvalue weighted by Gasteiger charge is 2.24. The van der Waals surface area contributed by atoms with Gasteiger partial charge in [0.1, 0.15) is 5.75 Å². The molecule has 2 aromatic carbocycles. The second-order valence-corrected chi connectivity index (χ2v) is 6.07. The van der Waals surface area contributed by atoms with Crippen molar-refractivity contribution in [1.82, 2.24) is 0 Å². The summed E-state index contributed by atoms with van der Waals surface area (Å²) < 4.78 is 6.60. The molecule has 0 aliphatic rings. The fraction of sp³-hybridized carbons (Fsp3) is 0.278. The SMILES string of the molecule is CCC(C[C@H](Oc1ccc(Br)cc1)C(=O)O)c1ccccc1. The van der Waals surface area contributed by atoms with E-state index in [0.29, 0.717) is 12.2 Å². The number of carbonyl (C=O) groups is 1. The topological polar surface area (TPSA) is 46.5 Å². The summed E-state index contributed by atoms with van der Waals surface area (Å²) in [4.78, 5) is 11.5. The van der Waals surface area contributed by atoms with Crippen LogP contribution in [-0.4, -0.2) is 17.2 Å². The van der Waals surface area contributed by atoms with E-state index in [4.69, 9.17) is 4.74 Å². The van der Waals surface area contributed by atoms with Crippen molar-refractivity contribution in [3.05, 3.63) is 64.6 Å². The Bertz CT molecular complexity index is 595. The quantitative estimate of drug-likeness (QED) is 0.764. The first-order valence-electron chi connectivity index (χ1n) is 7.30. The number of rotatable bonds is 7. The van der Waals surface area contributed by atoms with Gasteiger partial charge in [-0.3, -0.25) is 0 Å². The van der Waals surface area contributed by atoms with E-state index in [0.717, 1.165) is 16.5 Å². The van der Waals surface area contributed by atoms with E-state index in [9.17, 15) is 9.90 Å². The van der Waals surface area contributed by atoms with Crippen LogP contribution >= 0.6 is 15.9 Å². The van der Waals surface area contributed by atoms with E-state index in [1.807, 2.05) is 42.5 Å². The van der Waals surface area contributed by atoms with E-state index in [1.165, 1.54) is 0 Å². The van der Waals surface area contributed by atoms with E-state index >= 15 is 0 Å². The lowest BCUT2D eigenvalue weighted by Gasteiger charge is -2.21. The molecule has 22 heavy (non-hydrogen) atoms. The highest BCUT2D eigenvalue weighted by atomic mass is 79.9. The lowest BCUT2D eigenvalue weighted by atomic mass is 9.91. The van der Waals surface area contributed by atoms with E-state index < -0.39 is 12.1 Å². The third-order valence-electron chi connectivity index (χ3n) is 3.63. The molecule has 0 saturated heterocycles. The molecule has 0 fully saturated rings. The summed E-state index contributed by atoms with van der Waals surface area (Å²) in [5.41, 5.74) is 1.15. The number of hydrogen-bond acceptors (Lipinski definition) is 2. The van der Waals surface area contributed by atoms with Crippen LogP contribution in [-0.2, 0) is 4.79 Å². The smallest absolute Gasteiger partial charge is 0.344 e. The zero-order chi connectivity index (χ0) is 15.9. The van der Waals surface area contributed by atoms with Gasteiger partial charge < -0.3 is 9.84 Å². The predicted molar refractivity (Wildman–Crippen MR) is 90.3 cm³/mol. The van der Waals surface area contributed by atoms with Gasteiger partial charge in [-0.25, -0.2) is 4.79 Å². The second-order valence-electron chi connectivity index (χ2n) is 5.15. The van der Waals surface area contributed by atoms with Crippen molar-refractivity contribution in [3.8, 4) is 5.75 Å². The van der Waals surface area contributed by atoms with Gasteiger partial charge in [0.15, 0.2) is 6.10 Å². The Labute approximate surface area is 139 Å². The van der Waals surface area contributed by atoms with Crippen LogP contribution in [0.5, 0.6) is 5.75 Å². The molecule has 0 bridgehead atoms. The first kappa shape index (κ1) is 16.6. The van der Waals surface area contributed by atoms with Crippen LogP contribution in [0.1, 0.15) is 31.2 Å². The van der Waals surface area contributed by atoms with Gasteiger partial charge in [-0.2, -0.15) is 0 Å². The van der Waals surface area contributed by atoms with Crippen LogP contribution in [0.25, 0.3) is 0 Å². The second kappa shape index (κ2) is 7.99. The average Bonchev–Trinajstić information content (AvgIpc) is 2.54. The largest absolute Gasteiger partial charge is 0.479 e. The zero-order valence-electron chi connectivity index (χ0n) is 12.4. The Morgan fingerprint density at radius 1 is 1.14 bits per heavy atom. The van der Waals surface area contributed by atoms with Crippen molar-refractivity contribution in [2.45, 2.75) is 31.8 Å². The molecule has 1 unspecified atom stereocenters. The maximum absolute atomic E-state index is 11.5. The Morgan fingerprint density at radius 2 is 1.77 bits per heavy atom. The van der Waals surface area contributed by atoms with E-state index in [-0.39, 0.29) is 5.92 Å². The summed E-state index contributed by atoms with van der Waals surface area (Å²) in [5.74, 6) is -0.200. The van der Waals surface area contributed by atoms with Crippen LogP contribution in [0, 0.1) is 0 Å². The van der Waals surface area contributed by atoms with Crippen LogP contribution in [0.2, 0.25) is 0 Å². The van der Waals surface area contributed by atoms with Gasteiger partial charge in [-0.05, 0) is 42.2 Å². The van der Waals surface area contributed by atoms with Gasteiger partial charge >= 0.3 is 5.97 Å². The molecule has 0 heterocycles. The normalized spacial score (nSPS) is 13.4. The molecule has 0 spiro atoms. The number of carboxylic acid groups (broad SMARTS) is 1. The van der Waals surface area contributed by atoms with Gasteiger partial charge in [-0.15, -0.1) is 0 Å². The molecular weight excluding hydrogens is 344 g/mol. The minimum atomic E-state index is -0.933. The van der Waals surface area contributed by atoms with Crippen LogP contribution in [0.3, 0.4) is 0 Å². The minimum absolute atomic E-state index is 0.165. The number of carboxylic acids is 1. The summed E-state index contributed by atoms with van der Waals surface area (Å²) in [7, 11) is 0. The summed E-state index contributed by atoms with van der Waals surface area (Å²) in [5, 5.41) is 9.45. The molecule has 1 N–H and O–H groups in total. The molecule has 0 saturated carbocycles. The Morgan fingerprint density at radius 3 is 2.32 bits per heavy atom. The van der Waals surface area contributed by atoms with Gasteiger partial charge in [0.25, 0.3) is 0 Å². The van der Waals surface area contributed by atoms with Crippen molar-refractivity contribution < 1.29 is 14.6 Å². The lowest BCUT2D eigenvalue weighted by molar-refractivity contribution is -0.145. The maximum Gasteiger partial charge on any atom is 0.344 e. The van der Waals surface area contributed by atoms with Gasteiger partial charge in [0.05, 0.1) is 0 Å². The standard InChI is InChI=1S/C18H19BrO3/c1-2-13(14-6-4-3-5-7-14)12-17(18(20)21)22-16-10-8-15(19)9-11-16/h3-11,13,17H,2,12H2,1H3,(H,20,21)/t13?,17-/m0/s1. The third-order valence-corrected chi connectivity index (χ3v) is 4.16. The minimum Gasteiger partial charge on any atom is -0.479 e. The number of hydrogen-bond donors (Lipinski definition) is 1. The fourth-order valence-electron chi connectivity index (χ4n) is 2.40. The first-order chi connectivity index (χ1) is 10.6. The molecular formula is C18H19BrO3. The molecule has 0 aliphatic heterocycles. The van der Waals surface area contributed by atoms with E-state index in [1.54, 1.807) is 12.1 Å². The van der Waals surface area contributed by atoms with Gasteiger partial charge in [-0.1, -0.05) is 53.2 Å². The Hall–Kier alpha value is -1.81. The molecule has 2 atom stereocenters. The highest BCUT2D eigenvalue weighted by Crippen LogP contribution is 2.27. The van der Waals surface area contributed by atoms with Crippen molar-refractivity contribution in [2.24, 2.45) is 0 Å². The number of aliphatic carboxylic acids is 1. The van der Waals surface area contributed by atoms with Crippen LogP contribution in [0.4, 0.5) is 0 Å². The summed E-state index contributed by atoms with van der Waals surface area (Å²) >= 11 is 3.35. The molecule has 3 nitrogen and oxygen atoms in total. The lowest BCUT2D eigenvalue weighted by Crippen LogP contribution is -2.29. The monoisotopic (exact) mass is 362 g/mol. The van der Waals surface area contributed by atoms with E-state index in [2.05, 4.69) is 22.9 Å². The first-order valence-corrected chi connectivity index (χ1v) is 8.09. The molecule has 0 aromatic heterocycles. The van der Waals surface area contributed by atoms with Crippen molar-refractivity contribution in [3.63, 3.8) is 0 Å². The molecule has 0 radical (unpaired) electrons. The fourth-order valence-corrected chi connectivity index (χ4v) is 2.66. The van der Waals surface area contributed by atoms with Gasteiger partial charge in [0, 0.05) is 10.9 Å². The number of benzene rings is 2. The predicted octanol–water partition coefficient (Wildman–Crippen LogP) is 4.87. The highest BCUT2D eigenvalue weighted by molar-refractivity contribution is 9.10. The molecule has 4 heteroatoms. The molecule has 0 amide bonds. The van der Waals surface area contributed by atoms with Crippen molar-refractivity contribution in [2.75, 3.05) is 0 Å². The average molecular weight is 363 g/mol. The Kier molecular flexibility index (Phi) is 6.01. The molecule has 2 aromatic rings. The third kappa shape index (κ3) is 4.60. The number of halogens is 1. The van der Waals surface area contributed by atoms with Crippen LogP contribution < -0.4 is 4.74 Å². The summed E-state index contributed by atoms with van der Waals surface area (Å²) in [6, 6.07) is 17.2. The molecule has 0 aliphatic carbocycles.